The Bertz CT molecular complexity index is 455. The highest BCUT2D eigenvalue weighted by Crippen LogP contribution is 2.23. The molecule has 2 rings (SSSR count). The molecule has 1 saturated carbocycles. The van der Waals surface area contributed by atoms with Gasteiger partial charge >= 0.3 is 5.97 Å². The Morgan fingerprint density at radius 3 is 2.68 bits per heavy atom. The van der Waals surface area contributed by atoms with E-state index in [2.05, 4.69) is 11.9 Å². The van der Waals surface area contributed by atoms with E-state index in [0.717, 1.165) is 5.56 Å². The molecule has 1 fully saturated rings. The Morgan fingerprint density at radius 1 is 1.37 bits per heavy atom. The van der Waals surface area contributed by atoms with Gasteiger partial charge in [0.05, 0.1) is 5.56 Å². The van der Waals surface area contributed by atoms with Crippen molar-refractivity contribution in [2.24, 2.45) is 0 Å². The summed E-state index contributed by atoms with van der Waals surface area (Å²) < 4.78 is 13.3. The van der Waals surface area contributed by atoms with Gasteiger partial charge < -0.3 is 5.11 Å². The number of carboxylic acid groups (broad SMARTS) is 1. The Hall–Kier alpha value is -1.42. The summed E-state index contributed by atoms with van der Waals surface area (Å²) in [5, 5.41) is 8.92. The number of benzene rings is 1. The highest BCUT2D eigenvalue weighted by Gasteiger charge is 2.19. The second-order valence-corrected chi connectivity index (χ2v) is 5.33. The summed E-state index contributed by atoms with van der Waals surface area (Å²) in [7, 11) is 2.06. The van der Waals surface area contributed by atoms with Gasteiger partial charge in [0.15, 0.2) is 0 Å². The molecule has 19 heavy (non-hydrogen) atoms. The number of nitrogens with zero attached hydrogens (tertiary/aromatic N) is 1. The fourth-order valence-corrected chi connectivity index (χ4v) is 2.77. The summed E-state index contributed by atoms with van der Waals surface area (Å²) in [6.07, 6.45) is 6.23. The van der Waals surface area contributed by atoms with Crippen LogP contribution in [0.5, 0.6) is 0 Å². The van der Waals surface area contributed by atoms with E-state index in [0.29, 0.717) is 12.6 Å². The van der Waals surface area contributed by atoms with Crippen LogP contribution in [0.4, 0.5) is 4.39 Å². The van der Waals surface area contributed by atoms with E-state index in [-0.39, 0.29) is 5.56 Å². The van der Waals surface area contributed by atoms with E-state index in [1.807, 2.05) is 0 Å². The number of hydrogen-bond acceptors (Lipinski definition) is 2. The first-order valence-corrected chi connectivity index (χ1v) is 6.80. The highest BCUT2D eigenvalue weighted by atomic mass is 19.1. The molecule has 0 heterocycles. The van der Waals surface area contributed by atoms with Crippen LogP contribution in [-0.4, -0.2) is 29.1 Å². The normalized spacial score (nSPS) is 16.8. The number of carbonyl (C=O) groups is 1. The van der Waals surface area contributed by atoms with E-state index in [9.17, 15) is 9.18 Å². The predicted octanol–water partition coefficient (Wildman–Crippen LogP) is 3.29. The third-order valence-corrected chi connectivity index (χ3v) is 3.89. The number of rotatable bonds is 4. The molecule has 104 valence electrons. The van der Waals surface area contributed by atoms with E-state index in [1.54, 1.807) is 6.07 Å². The molecule has 1 aliphatic rings. The van der Waals surface area contributed by atoms with Crippen LogP contribution in [0.2, 0.25) is 0 Å². The third-order valence-electron chi connectivity index (χ3n) is 3.89. The van der Waals surface area contributed by atoms with Crippen LogP contribution < -0.4 is 0 Å². The summed E-state index contributed by atoms with van der Waals surface area (Å²) in [5.74, 6) is -1.88. The van der Waals surface area contributed by atoms with Gasteiger partial charge in [-0.3, -0.25) is 4.90 Å². The van der Waals surface area contributed by atoms with Gasteiger partial charge in [-0.25, -0.2) is 9.18 Å². The van der Waals surface area contributed by atoms with Crippen LogP contribution in [0.1, 0.15) is 48.0 Å². The van der Waals surface area contributed by atoms with Crippen molar-refractivity contribution in [1.29, 1.82) is 0 Å². The lowest BCUT2D eigenvalue weighted by Gasteiger charge is -2.31. The Kier molecular flexibility index (Phi) is 4.53. The van der Waals surface area contributed by atoms with E-state index in [1.165, 1.54) is 44.2 Å². The van der Waals surface area contributed by atoms with E-state index >= 15 is 0 Å². The van der Waals surface area contributed by atoms with Gasteiger partial charge in [0, 0.05) is 12.6 Å². The second kappa shape index (κ2) is 6.15. The first-order chi connectivity index (χ1) is 9.08. The fraction of sp³-hybridized carbons (Fsp3) is 0.533. The van der Waals surface area contributed by atoms with Gasteiger partial charge in [-0.1, -0.05) is 25.3 Å². The van der Waals surface area contributed by atoms with Crippen molar-refractivity contribution >= 4 is 5.97 Å². The van der Waals surface area contributed by atoms with Gasteiger partial charge in [0.25, 0.3) is 0 Å². The third kappa shape index (κ3) is 3.53. The molecule has 0 radical (unpaired) electrons. The first kappa shape index (κ1) is 14.0. The number of hydrogen-bond donors (Lipinski definition) is 1. The monoisotopic (exact) mass is 265 g/mol. The molecule has 0 unspecified atom stereocenters. The number of carboxylic acids is 1. The zero-order valence-corrected chi connectivity index (χ0v) is 11.2. The lowest BCUT2D eigenvalue weighted by atomic mass is 9.94. The lowest BCUT2D eigenvalue weighted by Crippen LogP contribution is -2.32. The summed E-state index contributed by atoms with van der Waals surface area (Å²) in [6.45, 7) is 0.672. The van der Waals surface area contributed by atoms with Crippen molar-refractivity contribution in [2.75, 3.05) is 7.05 Å². The topological polar surface area (TPSA) is 40.5 Å². The number of aromatic carboxylic acids is 1. The molecule has 1 aromatic rings. The molecule has 1 N–H and O–H groups in total. The molecule has 0 aliphatic heterocycles. The maximum absolute atomic E-state index is 13.3. The van der Waals surface area contributed by atoms with Crippen LogP contribution in [0, 0.1) is 5.82 Å². The van der Waals surface area contributed by atoms with E-state index < -0.39 is 11.8 Å². The van der Waals surface area contributed by atoms with Gasteiger partial charge in [-0.15, -0.1) is 0 Å². The smallest absolute Gasteiger partial charge is 0.338 e. The van der Waals surface area contributed by atoms with Crippen LogP contribution >= 0.6 is 0 Å². The van der Waals surface area contributed by atoms with Gasteiger partial charge in [0.2, 0.25) is 0 Å². The average molecular weight is 265 g/mol. The van der Waals surface area contributed by atoms with Gasteiger partial charge in [-0.05, 0) is 37.6 Å². The van der Waals surface area contributed by atoms with Crippen LogP contribution in [0.15, 0.2) is 18.2 Å². The van der Waals surface area contributed by atoms with Crippen molar-refractivity contribution in [2.45, 2.75) is 44.7 Å². The Labute approximate surface area is 113 Å². The van der Waals surface area contributed by atoms with Crippen molar-refractivity contribution < 1.29 is 14.3 Å². The van der Waals surface area contributed by atoms with Crippen LogP contribution in [0.25, 0.3) is 0 Å². The molecule has 4 heteroatoms. The minimum atomic E-state index is -1.21. The van der Waals surface area contributed by atoms with Crippen LogP contribution in [0.3, 0.4) is 0 Å². The van der Waals surface area contributed by atoms with Crippen LogP contribution in [-0.2, 0) is 6.54 Å². The molecule has 1 aliphatic carbocycles. The SMILES string of the molecule is CN(Cc1ccc(F)c(C(=O)O)c1)C1CCCCC1. The molecule has 0 aromatic heterocycles. The minimum Gasteiger partial charge on any atom is -0.478 e. The largest absolute Gasteiger partial charge is 0.478 e. The fourth-order valence-electron chi connectivity index (χ4n) is 2.77. The maximum atomic E-state index is 13.3. The van der Waals surface area contributed by atoms with Crippen molar-refractivity contribution in [3.8, 4) is 0 Å². The summed E-state index contributed by atoms with van der Waals surface area (Å²) >= 11 is 0. The van der Waals surface area contributed by atoms with Crippen molar-refractivity contribution in [1.82, 2.24) is 4.90 Å². The predicted molar refractivity (Wildman–Crippen MR) is 71.7 cm³/mol. The molecule has 0 amide bonds. The molecule has 0 bridgehead atoms. The molecular weight excluding hydrogens is 245 g/mol. The number of halogens is 1. The molecular formula is C15H20FNO2. The Morgan fingerprint density at radius 2 is 2.05 bits per heavy atom. The standard InChI is InChI=1S/C15H20FNO2/c1-17(12-5-3-2-4-6-12)10-11-7-8-14(16)13(9-11)15(18)19/h7-9,12H,2-6,10H2,1H3,(H,18,19). The second-order valence-electron chi connectivity index (χ2n) is 5.33. The maximum Gasteiger partial charge on any atom is 0.338 e. The summed E-state index contributed by atoms with van der Waals surface area (Å²) in [6, 6.07) is 4.91. The average Bonchev–Trinajstić information content (AvgIpc) is 2.41. The minimum absolute atomic E-state index is 0.241. The molecule has 3 nitrogen and oxygen atoms in total. The first-order valence-electron chi connectivity index (χ1n) is 6.80. The zero-order chi connectivity index (χ0) is 13.8. The highest BCUT2D eigenvalue weighted by molar-refractivity contribution is 5.88. The Balaban J connectivity index is 2.05. The quantitative estimate of drug-likeness (QED) is 0.908. The molecule has 0 spiro atoms. The van der Waals surface area contributed by atoms with Crippen molar-refractivity contribution in [3.05, 3.63) is 35.1 Å². The van der Waals surface area contributed by atoms with E-state index in [4.69, 9.17) is 5.11 Å². The molecule has 0 atom stereocenters. The molecule has 0 saturated heterocycles. The van der Waals surface area contributed by atoms with Gasteiger partial charge in [-0.2, -0.15) is 0 Å². The van der Waals surface area contributed by atoms with Gasteiger partial charge in [0.1, 0.15) is 5.82 Å². The molecule has 1 aromatic carbocycles. The van der Waals surface area contributed by atoms with Crippen molar-refractivity contribution in [3.63, 3.8) is 0 Å². The lowest BCUT2D eigenvalue weighted by molar-refractivity contribution is 0.0691. The summed E-state index contributed by atoms with van der Waals surface area (Å²) in [4.78, 5) is 13.2. The zero-order valence-electron chi connectivity index (χ0n) is 11.2. The summed E-state index contributed by atoms with van der Waals surface area (Å²) in [5.41, 5.74) is 0.612.